The van der Waals surface area contributed by atoms with Gasteiger partial charge in [0, 0.05) is 32.4 Å². The minimum absolute atomic E-state index is 0.0725. The van der Waals surface area contributed by atoms with E-state index in [4.69, 9.17) is 9.47 Å². The van der Waals surface area contributed by atoms with Crippen LogP contribution < -0.4 is 14.4 Å². The summed E-state index contributed by atoms with van der Waals surface area (Å²) in [6, 6.07) is 7.05. The number of alkyl halides is 3. The van der Waals surface area contributed by atoms with E-state index in [1.165, 1.54) is 0 Å². The van der Waals surface area contributed by atoms with Crippen molar-refractivity contribution < 1.29 is 37.0 Å². The number of rotatable bonds is 3. The normalized spacial score (nSPS) is 18.5. The fraction of sp³-hybridized carbons (Fsp3) is 0.429. The van der Waals surface area contributed by atoms with Crippen LogP contribution in [-0.4, -0.2) is 72.7 Å². The first-order valence-corrected chi connectivity index (χ1v) is 10.2. The molecule has 0 saturated carbocycles. The Morgan fingerprint density at radius 2 is 1.88 bits per heavy atom. The van der Waals surface area contributed by atoms with Gasteiger partial charge in [-0.25, -0.2) is 14.8 Å². The Balaban J connectivity index is 1.46. The van der Waals surface area contributed by atoms with Gasteiger partial charge in [0.15, 0.2) is 17.2 Å². The monoisotopic (exact) mass is 466 g/mol. The fourth-order valence-electron chi connectivity index (χ4n) is 3.68. The highest BCUT2D eigenvalue weighted by Gasteiger charge is 2.39. The predicted molar refractivity (Wildman–Crippen MR) is 108 cm³/mol. The lowest BCUT2D eigenvalue weighted by Gasteiger charge is -2.30. The number of aromatic nitrogens is 2. The zero-order chi connectivity index (χ0) is 23.6. The van der Waals surface area contributed by atoms with Gasteiger partial charge in [-0.3, -0.25) is 4.79 Å². The first-order chi connectivity index (χ1) is 15.8. The van der Waals surface area contributed by atoms with Gasteiger partial charge in [-0.15, -0.1) is 0 Å². The first-order valence-electron chi connectivity index (χ1n) is 10.2. The van der Waals surface area contributed by atoms with Gasteiger partial charge in [0.05, 0.1) is 7.11 Å². The third kappa shape index (κ3) is 4.78. The van der Waals surface area contributed by atoms with Crippen LogP contribution in [0.1, 0.15) is 22.5 Å². The lowest BCUT2D eigenvalue weighted by Crippen LogP contribution is -2.47. The lowest BCUT2D eigenvalue weighted by atomic mass is 10.2. The molecule has 2 aromatic rings. The van der Waals surface area contributed by atoms with Gasteiger partial charge in [0.1, 0.15) is 12.2 Å². The van der Waals surface area contributed by atoms with Gasteiger partial charge in [-0.2, -0.15) is 13.2 Å². The smallest absolute Gasteiger partial charge is 0.434 e. The number of para-hydroxylation sites is 2. The SMILES string of the molecule is COC(=O)c1cnc(N2CCCN(C(=O)[C@@H]3COc4ccccc4O3)CC2)nc1C(F)(F)F. The van der Waals surface area contributed by atoms with Gasteiger partial charge >= 0.3 is 12.1 Å². The zero-order valence-corrected chi connectivity index (χ0v) is 17.7. The van der Waals surface area contributed by atoms with Crippen LogP contribution in [0.2, 0.25) is 0 Å². The Kier molecular flexibility index (Phi) is 6.25. The molecule has 0 spiro atoms. The van der Waals surface area contributed by atoms with Crippen molar-refractivity contribution in [2.45, 2.75) is 18.7 Å². The van der Waals surface area contributed by atoms with Crippen LogP contribution in [0.5, 0.6) is 11.5 Å². The van der Waals surface area contributed by atoms with E-state index in [0.29, 0.717) is 31.0 Å². The third-order valence-corrected chi connectivity index (χ3v) is 5.32. The molecule has 9 nitrogen and oxygen atoms in total. The van der Waals surface area contributed by atoms with E-state index in [1.807, 2.05) is 0 Å². The molecule has 1 saturated heterocycles. The van der Waals surface area contributed by atoms with E-state index in [0.717, 1.165) is 13.3 Å². The number of nitrogens with zero attached hydrogens (tertiary/aromatic N) is 4. The van der Waals surface area contributed by atoms with Crippen LogP contribution in [0.25, 0.3) is 0 Å². The van der Waals surface area contributed by atoms with Crippen molar-refractivity contribution in [2.75, 3.05) is 44.8 Å². The largest absolute Gasteiger partial charge is 0.485 e. The lowest BCUT2D eigenvalue weighted by molar-refractivity contribution is -0.142. The molecule has 1 amide bonds. The van der Waals surface area contributed by atoms with E-state index in [9.17, 15) is 22.8 Å². The van der Waals surface area contributed by atoms with Gasteiger partial charge in [0.2, 0.25) is 12.1 Å². The van der Waals surface area contributed by atoms with Crippen LogP contribution in [-0.2, 0) is 15.7 Å². The quantitative estimate of drug-likeness (QED) is 0.636. The molecule has 176 valence electrons. The number of anilines is 1. The number of hydrogen-bond donors (Lipinski definition) is 0. The van der Waals surface area contributed by atoms with Crippen molar-refractivity contribution in [1.82, 2.24) is 14.9 Å². The number of fused-ring (bicyclic) bond motifs is 1. The summed E-state index contributed by atoms with van der Waals surface area (Å²) in [4.78, 5) is 35.3. The van der Waals surface area contributed by atoms with Crippen molar-refractivity contribution in [2.24, 2.45) is 0 Å². The molecule has 33 heavy (non-hydrogen) atoms. The van der Waals surface area contributed by atoms with E-state index in [1.54, 1.807) is 34.1 Å². The standard InChI is InChI=1S/C21H21F3N4O5/c1-31-19(30)13-11-25-20(26-17(13)21(22,23)24)28-8-4-7-27(9-10-28)18(29)16-12-32-14-5-2-3-6-15(14)33-16/h2-3,5-6,11,16H,4,7-10,12H2,1H3/t16-/m0/s1. The Bertz CT molecular complexity index is 1050. The van der Waals surface area contributed by atoms with E-state index < -0.39 is 29.5 Å². The minimum atomic E-state index is -4.86. The highest BCUT2D eigenvalue weighted by atomic mass is 19.4. The number of esters is 1. The second kappa shape index (κ2) is 9.12. The molecule has 0 radical (unpaired) electrons. The number of amides is 1. The molecule has 1 fully saturated rings. The summed E-state index contributed by atoms with van der Waals surface area (Å²) in [5.41, 5.74) is -2.11. The average Bonchev–Trinajstić information content (AvgIpc) is 3.08. The second-order valence-corrected chi connectivity index (χ2v) is 7.45. The number of methoxy groups -OCH3 is 1. The Morgan fingerprint density at radius 3 is 2.61 bits per heavy atom. The topological polar surface area (TPSA) is 94.1 Å². The summed E-state index contributed by atoms with van der Waals surface area (Å²) in [5, 5.41) is 0. The van der Waals surface area contributed by atoms with Crippen LogP contribution >= 0.6 is 0 Å². The van der Waals surface area contributed by atoms with Crippen LogP contribution in [0.4, 0.5) is 19.1 Å². The maximum Gasteiger partial charge on any atom is 0.434 e. The predicted octanol–water partition coefficient (Wildman–Crippen LogP) is 2.16. The maximum absolute atomic E-state index is 13.5. The van der Waals surface area contributed by atoms with Crippen molar-refractivity contribution in [1.29, 1.82) is 0 Å². The van der Waals surface area contributed by atoms with Gasteiger partial charge < -0.3 is 24.0 Å². The second-order valence-electron chi connectivity index (χ2n) is 7.45. The number of halogens is 3. The first kappa shape index (κ1) is 22.6. The number of benzene rings is 1. The Hall–Kier alpha value is -3.57. The molecule has 0 N–H and O–H groups in total. The van der Waals surface area contributed by atoms with Gasteiger partial charge in [0.25, 0.3) is 5.91 Å². The molecule has 2 aliphatic rings. The number of carbonyl (C=O) groups excluding carboxylic acids is 2. The van der Waals surface area contributed by atoms with Crippen molar-refractivity contribution in [3.63, 3.8) is 0 Å². The molecule has 0 aliphatic carbocycles. The molecule has 0 unspecified atom stereocenters. The molecule has 1 aromatic heterocycles. The van der Waals surface area contributed by atoms with Crippen molar-refractivity contribution >= 4 is 17.8 Å². The molecule has 1 atom stereocenters. The molecule has 4 rings (SSSR count). The number of hydrogen-bond acceptors (Lipinski definition) is 8. The number of ether oxygens (including phenoxy) is 3. The molecule has 1 aromatic carbocycles. The number of carbonyl (C=O) groups is 2. The van der Waals surface area contributed by atoms with E-state index in [-0.39, 0.29) is 31.6 Å². The van der Waals surface area contributed by atoms with E-state index >= 15 is 0 Å². The van der Waals surface area contributed by atoms with E-state index in [2.05, 4.69) is 14.7 Å². The van der Waals surface area contributed by atoms with Crippen LogP contribution in [0.15, 0.2) is 30.5 Å². The molecule has 12 heteroatoms. The fourth-order valence-corrected chi connectivity index (χ4v) is 3.68. The summed E-state index contributed by atoms with van der Waals surface area (Å²) in [6.07, 6.45) is -4.36. The summed E-state index contributed by atoms with van der Waals surface area (Å²) in [5.74, 6) is -0.550. The van der Waals surface area contributed by atoms with Crippen molar-refractivity contribution in [3.05, 3.63) is 41.7 Å². The highest BCUT2D eigenvalue weighted by molar-refractivity contribution is 5.90. The van der Waals surface area contributed by atoms with Gasteiger partial charge in [-0.05, 0) is 18.6 Å². The minimum Gasteiger partial charge on any atom is -0.485 e. The summed E-state index contributed by atoms with van der Waals surface area (Å²) >= 11 is 0. The Morgan fingerprint density at radius 1 is 1.12 bits per heavy atom. The highest BCUT2D eigenvalue weighted by Crippen LogP contribution is 2.33. The average molecular weight is 466 g/mol. The summed E-state index contributed by atoms with van der Waals surface area (Å²) < 4.78 is 56.2. The van der Waals surface area contributed by atoms with Crippen LogP contribution in [0.3, 0.4) is 0 Å². The summed E-state index contributed by atoms with van der Waals surface area (Å²) in [6.45, 7) is 1.25. The van der Waals surface area contributed by atoms with Gasteiger partial charge in [-0.1, -0.05) is 12.1 Å². The molecular weight excluding hydrogens is 445 g/mol. The molecular formula is C21H21F3N4O5. The molecule has 3 heterocycles. The van der Waals surface area contributed by atoms with Crippen LogP contribution in [0, 0.1) is 0 Å². The van der Waals surface area contributed by atoms with Crippen molar-refractivity contribution in [3.8, 4) is 11.5 Å². The molecule has 0 bridgehead atoms. The summed E-state index contributed by atoms with van der Waals surface area (Å²) in [7, 11) is 0.983. The molecule has 2 aliphatic heterocycles. The Labute approximate surface area is 187 Å². The zero-order valence-electron chi connectivity index (χ0n) is 17.7. The maximum atomic E-state index is 13.5. The third-order valence-electron chi connectivity index (χ3n) is 5.32.